The lowest BCUT2D eigenvalue weighted by atomic mass is 9.96. The number of rotatable bonds is 2. The fourth-order valence-electron chi connectivity index (χ4n) is 1.57. The van der Waals surface area contributed by atoms with Gasteiger partial charge in [0.25, 0.3) is 0 Å². The van der Waals surface area contributed by atoms with E-state index in [1.807, 2.05) is 20.8 Å². The van der Waals surface area contributed by atoms with E-state index in [-0.39, 0.29) is 5.41 Å². The van der Waals surface area contributed by atoms with Gasteiger partial charge >= 0.3 is 0 Å². The van der Waals surface area contributed by atoms with Gasteiger partial charge < -0.3 is 5.32 Å². The summed E-state index contributed by atoms with van der Waals surface area (Å²) in [6.45, 7) is 6.14. The molecule has 0 bridgehead atoms. The lowest BCUT2D eigenvalue weighted by Gasteiger charge is -2.18. The predicted molar refractivity (Wildman–Crippen MR) is 93.2 cm³/mol. The van der Waals surface area contributed by atoms with E-state index in [0.717, 1.165) is 5.82 Å². The Morgan fingerprint density at radius 2 is 1.57 bits per heavy atom. The van der Waals surface area contributed by atoms with Crippen LogP contribution >= 0.6 is 50.7 Å². The van der Waals surface area contributed by atoms with Gasteiger partial charge in [0.05, 0.1) is 20.8 Å². The summed E-state index contributed by atoms with van der Waals surface area (Å²) in [5.41, 5.74) is 0.471. The fourth-order valence-corrected chi connectivity index (χ4v) is 2.55. The van der Waals surface area contributed by atoms with Gasteiger partial charge in [0.2, 0.25) is 0 Å². The molecule has 2 aromatic rings. The molecule has 0 aliphatic heterocycles. The number of benzene rings is 1. The maximum Gasteiger partial charge on any atom is 0.137 e. The quantitative estimate of drug-likeness (QED) is 0.471. The zero-order valence-electron chi connectivity index (χ0n) is 11.6. The van der Waals surface area contributed by atoms with Crippen molar-refractivity contribution in [2.45, 2.75) is 26.2 Å². The highest BCUT2D eigenvalue weighted by Crippen LogP contribution is 2.34. The van der Waals surface area contributed by atoms with Gasteiger partial charge in [-0.25, -0.2) is 9.97 Å². The lowest BCUT2D eigenvalue weighted by molar-refractivity contribution is 0.544. The van der Waals surface area contributed by atoms with E-state index in [0.29, 0.717) is 31.2 Å². The maximum absolute atomic E-state index is 6.16. The van der Waals surface area contributed by atoms with E-state index >= 15 is 0 Å². The molecule has 0 fully saturated rings. The molecule has 0 atom stereocenters. The lowest BCUT2D eigenvalue weighted by Crippen LogP contribution is -2.16. The monoisotopic (exact) mass is 407 g/mol. The van der Waals surface area contributed by atoms with E-state index in [2.05, 4.69) is 31.2 Å². The van der Waals surface area contributed by atoms with Crippen molar-refractivity contribution < 1.29 is 0 Å². The molecular formula is C14H13BrCl3N3. The third kappa shape index (κ3) is 4.22. The number of nitrogens with zero attached hydrogens (tertiary/aromatic N) is 2. The molecule has 0 unspecified atom stereocenters. The minimum atomic E-state index is -0.165. The van der Waals surface area contributed by atoms with Crippen molar-refractivity contribution in [3.8, 4) is 0 Å². The Morgan fingerprint density at radius 3 is 2.19 bits per heavy atom. The standard InChI is InChI=1S/C14H13BrCl3N3/c1-14(2,3)13-20-11(15)6-12(21-13)19-10-5-8(17)7(16)4-9(10)18/h4-6H,1-3H3,(H,19,20,21). The largest absolute Gasteiger partial charge is 0.339 e. The van der Waals surface area contributed by atoms with Gasteiger partial charge in [0.15, 0.2) is 0 Å². The van der Waals surface area contributed by atoms with Crippen LogP contribution in [0.3, 0.4) is 0 Å². The number of hydrogen-bond acceptors (Lipinski definition) is 3. The minimum Gasteiger partial charge on any atom is -0.339 e. The smallest absolute Gasteiger partial charge is 0.137 e. The van der Waals surface area contributed by atoms with Crippen molar-refractivity contribution in [2.75, 3.05) is 5.32 Å². The molecule has 2 rings (SSSR count). The fraction of sp³-hybridized carbons (Fsp3) is 0.286. The summed E-state index contributed by atoms with van der Waals surface area (Å²) in [5.74, 6) is 1.35. The van der Waals surface area contributed by atoms with Crippen LogP contribution in [0.5, 0.6) is 0 Å². The molecule has 1 N–H and O–H groups in total. The second-order valence-electron chi connectivity index (χ2n) is 5.52. The number of nitrogens with one attached hydrogen (secondary N) is 1. The van der Waals surface area contributed by atoms with Crippen LogP contribution in [0.4, 0.5) is 11.5 Å². The summed E-state index contributed by atoms with van der Waals surface area (Å²) in [6, 6.07) is 5.03. The summed E-state index contributed by atoms with van der Waals surface area (Å²) in [7, 11) is 0. The van der Waals surface area contributed by atoms with E-state index in [9.17, 15) is 0 Å². The Morgan fingerprint density at radius 1 is 0.952 bits per heavy atom. The molecule has 7 heteroatoms. The van der Waals surface area contributed by atoms with E-state index in [1.54, 1.807) is 18.2 Å². The molecular weight excluding hydrogens is 396 g/mol. The summed E-state index contributed by atoms with van der Waals surface area (Å²) >= 11 is 21.5. The summed E-state index contributed by atoms with van der Waals surface area (Å²) in [6.07, 6.45) is 0. The molecule has 0 spiro atoms. The first-order valence-electron chi connectivity index (χ1n) is 6.13. The zero-order valence-corrected chi connectivity index (χ0v) is 15.5. The van der Waals surface area contributed by atoms with Crippen LogP contribution in [0.2, 0.25) is 15.1 Å². The van der Waals surface area contributed by atoms with E-state index < -0.39 is 0 Å². The Kier molecular flexibility index (Phi) is 5.03. The molecule has 0 aliphatic carbocycles. The van der Waals surface area contributed by atoms with Crippen LogP contribution in [0.15, 0.2) is 22.8 Å². The van der Waals surface area contributed by atoms with Crippen molar-refractivity contribution >= 4 is 62.2 Å². The normalized spacial score (nSPS) is 11.6. The molecule has 1 heterocycles. The van der Waals surface area contributed by atoms with Gasteiger partial charge in [-0.05, 0) is 28.1 Å². The highest BCUT2D eigenvalue weighted by Gasteiger charge is 2.19. The van der Waals surface area contributed by atoms with Crippen LogP contribution in [0.25, 0.3) is 0 Å². The van der Waals surface area contributed by atoms with E-state index in [1.165, 1.54) is 0 Å². The Bertz CT molecular complexity index is 684. The number of anilines is 2. The second kappa shape index (κ2) is 6.29. The van der Waals surface area contributed by atoms with Gasteiger partial charge in [-0.2, -0.15) is 0 Å². The highest BCUT2D eigenvalue weighted by molar-refractivity contribution is 9.10. The number of hydrogen-bond donors (Lipinski definition) is 1. The molecule has 1 aromatic heterocycles. The maximum atomic E-state index is 6.16. The van der Waals surface area contributed by atoms with Crippen molar-refractivity contribution in [3.05, 3.63) is 43.7 Å². The zero-order chi connectivity index (χ0) is 15.8. The average molecular weight is 410 g/mol. The second-order valence-corrected chi connectivity index (χ2v) is 7.55. The van der Waals surface area contributed by atoms with Gasteiger partial charge in [0, 0.05) is 11.5 Å². The third-order valence-electron chi connectivity index (χ3n) is 2.64. The van der Waals surface area contributed by atoms with Crippen LogP contribution in [0, 0.1) is 0 Å². The first-order valence-corrected chi connectivity index (χ1v) is 8.06. The third-order valence-corrected chi connectivity index (χ3v) is 4.08. The highest BCUT2D eigenvalue weighted by atomic mass is 79.9. The van der Waals surface area contributed by atoms with Crippen LogP contribution < -0.4 is 5.32 Å². The molecule has 0 radical (unpaired) electrons. The molecule has 0 saturated carbocycles. The number of halogens is 4. The van der Waals surface area contributed by atoms with E-state index in [4.69, 9.17) is 34.8 Å². The molecule has 0 saturated heterocycles. The predicted octanol–water partition coefficient (Wildman–Crippen LogP) is 6.24. The van der Waals surface area contributed by atoms with Crippen molar-refractivity contribution in [1.29, 1.82) is 0 Å². The SMILES string of the molecule is CC(C)(C)c1nc(Br)cc(Nc2cc(Cl)c(Cl)cc2Cl)n1. The van der Waals surface area contributed by atoms with Gasteiger partial charge in [-0.3, -0.25) is 0 Å². The Hall–Kier alpha value is -0.550. The van der Waals surface area contributed by atoms with Gasteiger partial charge in [-0.15, -0.1) is 0 Å². The topological polar surface area (TPSA) is 37.8 Å². The van der Waals surface area contributed by atoms with Crippen molar-refractivity contribution in [1.82, 2.24) is 9.97 Å². The van der Waals surface area contributed by atoms with Crippen LogP contribution in [0.1, 0.15) is 26.6 Å². The Labute approximate surface area is 147 Å². The molecule has 3 nitrogen and oxygen atoms in total. The van der Waals surface area contributed by atoms with Gasteiger partial charge in [-0.1, -0.05) is 55.6 Å². The molecule has 112 valence electrons. The molecule has 0 aliphatic rings. The summed E-state index contributed by atoms with van der Waals surface area (Å²) in [4.78, 5) is 8.89. The first kappa shape index (κ1) is 16.8. The summed E-state index contributed by atoms with van der Waals surface area (Å²) < 4.78 is 0.695. The van der Waals surface area contributed by atoms with Gasteiger partial charge in [0.1, 0.15) is 16.2 Å². The molecule has 1 aromatic carbocycles. The van der Waals surface area contributed by atoms with Crippen LogP contribution in [-0.2, 0) is 5.41 Å². The van der Waals surface area contributed by atoms with Crippen LogP contribution in [-0.4, -0.2) is 9.97 Å². The number of aromatic nitrogens is 2. The van der Waals surface area contributed by atoms with Crippen molar-refractivity contribution in [2.24, 2.45) is 0 Å². The molecule has 0 amide bonds. The summed E-state index contributed by atoms with van der Waals surface area (Å²) in [5, 5.41) is 4.44. The molecule has 21 heavy (non-hydrogen) atoms. The Balaban J connectivity index is 2.40. The minimum absolute atomic E-state index is 0.165. The first-order chi connectivity index (χ1) is 9.66. The average Bonchev–Trinajstić information content (AvgIpc) is 2.34. The van der Waals surface area contributed by atoms with Crippen molar-refractivity contribution in [3.63, 3.8) is 0 Å².